The van der Waals surface area contributed by atoms with E-state index < -0.39 is 0 Å². The maximum atomic E-state index is 13.4. The van der Waals surface area contributed by atoms with E-state index in [1.807, 2.05) is 13.8 Å². The molecule has 0 aliphatic rings. The second-order valence-corrected chi connectivity index (χ2v) is 3.49. The molecule has 0 saturated carbocycles. The Kier molecular flexibility index (Phi) is 3.89. The SMILES string of the molecule is COc1ccc(CNC(C)C)c(F)c1. The van der Waals surface area contributed by atoms with Crippen molar-refractivity contribution in [1.82, 2.24) is 5.32 Å². The van der Waals surface area contributed by atoms with Crippen molar-refractivity contribution in [3.63, 3.8) is 0 Å². The van der Waals surface area contributed by atoms with Crippen LogP contribution in [-0.4, -0.2) is 13.2 Å². The van der Waals surface area contributed by atoms with Crippen LogP contribution in [0.3, 0.4) is 0 Å². The Morgan fingerprint density at radius 1 is 1.43 bits per heavy atom. The van der Waals surface area contributed by atoms with Crippen LogP contribution in [0.25, 0.3) is 0 Å². The predicted molar refractivity (Wildman–Crippen MR) is 54.9 cm³/mol. The van der Waals surface area contributed by atoms with Crippen molar-refractivity contribution >= 4 is 0 Å². The van der Waals surface area contributed by atoms with E-state index in [1.165, 1.54) is 13.2 Å². The fraction of sp³-hybridized carbons (Fsp3) is 0.455. The highest BCUT2D eigenvalue weighted by molar-refractivity contribution is 5.28. The molecule has 0 saturated heterocycles. The number of rotatable bonds is 4. The maximum Gasteiger partial charge on any atom is 0.131 e. The minimum absolute atomic E-state index is 0.225. The van der Waals surface area contributed by atoms with Gasteiger partial charge in [-0.05, 0) is 6.07 Å². The fourth-order valence-electron chi connectivity index (χ4n) is 1.11. The van der Waals surface area contributed by atoms with Gasteiger partial charge in [0.15, 0.2) is 0 Å². The number of nitrogens with one attached hydrogen (secondary N) is 1. The van der Waals surface area contributed by atoms with E-state index >= 15 is 0 Å². The Morgan fingerprint density at radius 3 is 2.64 bits per heavy atom. The molecule has 0 heterocycles. The van der Waals surface area contributed by atoms with E-state index in [0.29, 0.717) is 23.9 Å². The van der Waals surface area contributed by atoms with Gasteiger partial charge in [0, 0.05) is 24.2 Å². The predicted octanol–water partition coefficient (Wildman–Crippen LogP) is 2.33. The lowest BCUT2D eigenvalue weighted by Crippen LogP contribution is -2.22. The number of benzene rings is 1. The van der Waals surface area contributed by atoms with Crippen LogP contribution in [0.5, 0.6) is 5.75 Å². The van der Waals surface area contributed by atoms with Crippen molar-refractivity contribution in [2.45, 2.75) is 26.4 Å². The number of methoxy groups -OCH3 is 1. The molecule has 0 aliphatic heterocycles. The Hall–Kier alpha value is -1.09. The summed E-state index contributed by atoms with van der Waals surface area (Å²) >= 11 is 0. The zero-order valence-electron chi connectivity index (χ0n) is 8.80. The van der Waals surface area contributed by atoms with E-state index in [2.05, 4.69) is 5.32 Å². The molecular weight excluding hydrogens is 181 g/mol. The Labute approximate surface area is 84.1 Å². The molecule has 14 heavy (non-hydrogen) atoms. The minimum atomic E-state index is -0.225. The number of halogens is 1. The van der Waals surface area contributed by atoms with Crippen LogP contribution in [0.15, 0.2) is 18.2 Å². The third-order valence-electron chi connectivity index (χ3n) is 1.96. The summed E-state index contributed by atoms with van der Waals surface area (Å²) in [5.74, 6) is 0.327. The van der Waals surface area contributed by atoms with Crippen molar-refractivity contribution in [3.8, 4) is 5.75 Å². The molecular formula is C11H16FNO. The molecule has 0 spiro atoms. The van der Waals surface area contributed by atoms with E-state index in [0.717, 1.165) is 0 Å². The lowest BCUT2D eigenvalue weighted by Gasteiger charge is -2.09. The first-order valence-corrected chi connectivity index (χ1v) is 4.69. The second kappa shape index (κ2) is 4.96. The molecule has 0 bridgehead atoms. The molecule has 1 N–H and O–H groups in total. The normalized spacial score (nSPS) is 10.6. The van der Waals surface area contributed by atoms with Gasteiger partial charge in [-0.15, -0.1) is 0 Å². The number of hydrogen-bond acceptors (Lipinski definition) is 2. The van der Waals surface area contributed by atoms with Crippen LogP contribution < -0.4 is 10.1 Å². The summed E-state index contributed by atoms with van der Waals surface area (Å²) in [6, 6.07) is 5.26. The van der Waals surface area contributed by atoms with Gasteiger partial charge < -0.3 is 10.1 Å². The lowest BCUT2D eigenvalue weighted by atomic mass is 10.2. The molecule has 3 heteroatoms. The first-order chi connectivity index (χ1) is 6.63. The highest BCUT2D eigenvalue weighted by Crippen LogP contribution is 2.15. The summed E-state index contributed by atoms with van der Waals surface area (Å²) in [7, 11) is 1.53. The van der Waals surface area contributed by atoms with Crippen LogP contribution >= 0.6 is 0 Å². The van der Waals surface area contributed by atoms with Crippen molar-refractivity contribution < 1.29 is 9.13 Å². The smallest absolute Gasteiger partial charge is 0.131 e. The number of ether oxygens (including phenoxy) is 1. The van der Waals surface area contributed by atoms with Crippen LogP contribution in [-0.2, 0) is 6.54 Å². The Morgan fingerprint density at radius 2 is 2.14 bits per heavy atom. The standard InChI is InChI=1S/C11H16FNO/c1-8(2)13-7-9-4-5-10(14-3)6-11(9)12/h4-6,8,13H,7H2,1-3H3. The molecule has 0 fully saturated rings. The molecule has 0 unspecified atom stereocenters. The molecule has 1 aromatic carbocycles. The van der Waals surface area contributed by atoms with E-state index in [1.54, 1.807) is 12.1 Å². The van der Waals surface area contributed by atoms with E-state index in [-0.39, 0.29) is 5.82 Å². The van der Waals surface area contributed by atoms with Crippen molar-refractivity contribution in [2.24, 2.45) is 0 Å². The molecule has 0 aliphatic carbocycles. The lowest BCUT2D eigenvalue weighted by molar-refractivity contribution is 0.410. The topological polar surface area (TPSA) is 21.3 Å². The van der Waals surface area contributed by atoms with Gasteiger partial charge in [0.2, 0.25) is 0 Å². The van der Waals surface area contributed by atoms with Crippen LogP contribution in [0.2, 0.25) is 0 Å². The molecule has 78 valence electrons. The average molecular weight is 197 g/mol. The summed E-state index contributed by atoms with van der Waals surface area (Å²) in [6.45, 7) is 4.61. The quantitative estimate of drug-likeness (QED) is 0.799. The molecule has 0 aromatic heterocycles. The van der Waals surface area contributed by atoms with E-state index in [4.69, 9.17) is 4.74 Å². The molecule has 0 radical (unpaired) electrons. The monoisotopic (exact) mass is 197 g/mol. The Bertz CT molecular complexity index is 299. The Balaban J connectivity index is 2.69. The third kappa shape index (κ3) is 3.00. The van der Waals surface area contributed by atoms with Gasteiger partial charge in [-0.1, -0.05) is 19.9 Å². The first-order valence-electron chi connectivity index (χ1n) is 4.69. The van der Waals surface area contributed by atoms with E-state index in [9.17, 15) is 4.39 Å². The fourth-order valence-corrected chi connectivity index (χ4v) is 1.11. The molecule has 0 amide bonds. The molecule has 2 nitrogen and oxygen atoms in total. The molecule has 1 rings (SSSR count). The average Bonchev–Trinajstić information content (AvgIpc) is 2.15. The highest BCUT2D eigenvalue weighted by Gasteiger charge is 2.03. The van der Waals surface area contributed by atoms with Gasteiger partial charge in [0.25, 0.3) is 0 Å². The van der Waals surface area contributed by atoms with Crippen molar-refractivity contribution in [1.29, 1.82) is 0 Å². The summed E-state index contributed by atoms with van der Waals surface area (Å²) < 4.78 is 18.3. The van der Waals surface area contributed by atoms with Gasteiger partial charge in [-0.3, -0.25) is 0 Å². The second-order valence-electron chi connectivity index (χ2n) is 3.49. The zero-order chi connectivity index (χ0) is 10.6. The summed E-state index contributed by atoms with van der Waals surface area (Å²) in [6.07, 6.45) is 0. The van der Waals surface area contributed by atoms with Crippen molar-refractivity contribution in [2.75, 3.05) is 7.11 Å². The van der Waals surface area contributed by atoms with Crippen LogP contribution in [0, 0.1) is 5.82 Å². The van der Waals surface area contributed by atoms with Crippen LogP contribution in [0.4, 0.5) is 4.39 Å². The van der Waals surface area contributed by atoms with Gasteiger partial charge in [0.1, 0.15) is 11.6 Å². The maximum absolute atomic E-state index is 13.4. The summed E-state index contributed by atoms with van der Waals surface area (Å²) in [4.78, 5) is 0. The van der Waals surface area contributed by atoms with Crippen LogP contribution in [0.1, 0.15) is 19.4 Å². The van der Waals surface area contributed by atoms with Crippen molar-refractivity contribution in [3.05, 3.63) is 29.6 Å². The molecule has 0 atom stereocenters. The number of hydrogen-bond donors (Lipinski definition) is 1. The minimum Gasteiger partial charge on any atom is -0.497 e. The van der Waals surface area contributed by atoms with Gasteiger partial charge in [-0.2, -0.15) is 0 Å². The highest BCUT2D eigenvalue weighted by atomic mass is 19.1. The third-order valence-corrected chi connectivity index (χ3v) is 1.96. The van der Waals surface area contributed by atoms with Gasteiger partial charge in [-0.25, -0.2) is 4.39 Å². The zero-order valence-corrected chi connectivity index (χ0v) is 8.80. The molecule has 1 aromatic rings. The summed E-state index contributed by atoms with van der Waals surface area (Å²) in [5.41, 5.74) is 0.666. The first kappa shape index (κ1) is 11.0. The summed E-state index contributed by atoms with van der Waals surface area (Å²) in [5, 5.41) is 3.16. The van der Waals surface area contributed by atoms with Gasteiger partial charge >= 0.3 is 0 Å². The largest absolute Gasteiger partial charge is 0.497 e. The van der Waals surface area contributed by atoms with Gasteiger partial charge in [0.05, 0.1) is 7.11 Å².